The molecule has 2 aromatic heterocycles. The first-order chi connectivity index (χ1) is 14.3. The monoisotopic (exact) mass is 389 g/mol. The van der Waals surface area contributed by atoms with Gasteiger partial charge in [-0.05, 0) is 56.2 Å². The molecule has 2 N–H and O–H groups in total. The van der Waals surface area contributed by atoms with Gasteiger partial charge in [0.25, 0.3) is 0 Å². The number of hydrogen-bond acceptors (Lipinski definition) is 6. The molecule has 150 valence electrons. The van der Waals surface area contributed by atoms with Crippen LogP contribution in [0.3, 0.4) is 0 Å². The summed E-state index contributed by atoms with van der Waals surface area (Å²) in [5.41, 5.74) is 2.84. The molecule has 1 saturated carbocycles. The molecular weight excluding hydrogens is 362 g/mol. The number of pyridine rings is 1. The van der Waals surface area contributed by atoms with Gasteiger partial charge in [0.2, 0.25) is 5.95 Å². The minimum absolute atomic E-state index is 0.440. The normalized spacial score (nSPS) is 14.4. The Morgan fingerprint density at radius 2 is 1.72 bits per heavy atom. The molecule has 6 nitrogen and oxygen atoms in total. The SMILES string of the molecule is CCOc1ccc(Nc2cc(-c3ccncc3)nc(NC3CCCCC3)n2)cc1. The third-order valence-electron chi connectivity index (χ3n) is 5.08. The van der Waals surface area contributed by atoms with Gasteiger partial charge in [-0.2, -0.15) is 4.98 Å². The fourth-order valence-electron chi connectivity index (χ4n) is 3.62. The average molecular weight is 390 g/mol. The average Bonchev–Trinajstić information content (AvgIpc) is 2.76. The van der Waals surface area contributed by atoms with Gasteiger partial charge in [0.15, 0.2) is 0 Å². The maximum absolute atomic E-state index is 5.52. The predicted molar refractivity (Wildman–Crippen MR) is 117 cm³/mol. The van der Waals surface area contributed by atoms with Crippen LogP contribution in [-0.2, 0) is 0 Å². The van der Waals surface area contributed by atoms with Gasteiger partial charge in [0.1, 0.15) is 11.6 Å². The summed E-state index contributed by atoms with van der Waals surface area (Å²) in [7, 11) is 0. The number of anilines is 3. The highest BCUT2D eigenvalue weighted by molar-refractivity contribution is 5.67. The lowest BCUT2D eigenvalue weighted by Gasteiger charge is -2.23. The number of ether oxygens (including phenoxy) is 1. The zero-order chi connectivity index (χ0) is 19.9. The maximum Gasteiger partial charge on any atom is 0.225 e. The van der Waals surface area contributed by atoms with Crippen LogP contribution in [0.5, 0.6) is 5.75 Å². The molecule has 1 fully saturated rings. The first-order valence-electron chi connectivity index (χ1n) is 10.4. The fourth-order valence-corrected chi connectivity index (χ4v) is 3.62. The second-order valence-corrected chi connectivity index (χ2v) is 7.26. The Kier molecular flexibility index (Phi) is 6.19. The van der Waals surface area contributed by atoms with Crippen molar-refractivity contribution >= 4 is 17.5 Å². The van der Waals surface area contributed by atoms with Crippen LogP contribution in [0.15, 0.2) is 54.9 Å². The maximum atomic E-state index is 5.52. The molecule has 0 spiro atoms. The van der Waals surface area contributed by atoms with Crippen molar-refractivity contribution in [3.63, 3.8) is 0 Å². The summed E-state index contributed by atoms with van der Waals surface area (Å²) in [6.07, 6.45) is 9.75. The summed E-state index contributed by atoms with van der Waals surface area (Å²) in [4.78, 5) is 13.6. The smallest absolute Gasteiger partial charge is 0.225 e. The van der Waals surface area contributed by atoms with E-state index in [0.29, 0.717) is 18.6 Å². The molecule has 4 rings (SSSR count). The molecule has 0 bridgehead atoms. The van der Waals surface area contributed by atoms with Gasteiger partial charge < -0.3 is 15.4 Å². The molecule has 0 radical (unpaired) electrons. The van der Waals surface area contributed by atoms with E-state index in [4.69, 9.17) is 14.7 Å². The van der Waals surface area contributed by atoms with Crippen LogP contribution in [0.25, 0.3) is 11.3 Å². The van der Waals surface area contributed by atoms with Crippen LogP contribution in [-0.4, -0.2) is 27.6 Å². The van der Waals surface area contributed by atoms with Crippen LogP contribution in [0.4, 0.5) is 17.5 Å². The summed E-state index contributed by atoms with van der Waals surface area (Å²) in [5.74, 6) is 2.28. The minimum atomic E-state index is 0.440. The summed E-state index contributed by atoms with van der Waals surface area (Å²) in [5, 5.41) is 6.94. The Hall–Kier alpha value is -3.15. The molecule has 0 unspecified atom stereocenters. The number of hydrogen-bond donors (Lipinski definition) is 2. The van der Waals surface area contributed by atoms with Crippen molar-refractivity contribution in [3.05, 3.63) is 54.9 Å². The quantitative estimate of drug-likeness (QED) is 0.562. The highest BCUT2D eigenvalue weighted by Crippen LogP contribution is 2.26. The van der Waals surface area contributed by atoms with Crippen molar-refractivity contribution < 1.29 is 4.74 Å². The molecule has 1 aromatic carbocycles. The molecule has 0 atom stereocenters. The van der Waals surface area contributed by atoms with Crippen LogP contribution in [0.1, 0.15) is 39.0 Å². The van der Waals surface area contributed by atoms with E-state index < -0.39 is 0 Å². The lowest BCUT2D eigenvalue weighted by molar-refractivity contribution is 0.340. The highest BCUT2D eigenvalue weighted by Gasteiger charge is 2.15. The summed E-state index contributed by atoms with van der Waals surface area (Å²) in [6.45, 7) is 2.64. The zero-order valence-electron chi connectivity index (χ0n) is 16.8. The van der Waals surface area contributed by atoms with E-state index in [-0.39, 0.29) is 0 Å². The Labute approximate surface area is 171 Å². The van der Waals surface area contributed by atoms with E-state index in [2.05, 4.69) is 15.6 Å². The van der Waals surface area contributed by atoms with E-state index in [1.54, 1.807) is 12.4 Å². The zero-order valence-corrected chi connectivity index (χ0v) is 16.8. The fraction of sp³-hybridized carbons (Fsp3) is 0.348. The molecule has 29 heavy (non-hydrogen) atoms. The topological polar surface area (TPSA) is 72.0 Å². The number of aromatic nitrogens is 3. The summed E-state index contributed by atoms with van der Waals surface area (Å²) in [6, 6.07) is 14.2. The Balaban J connectivity index is 1.59. The van der Waals surface area contributed by atoms with Crippen LogP contribution < -0.4 is 15.4 Å². The van der Waals surface area contributed by atoms with E-state index in [1.807, 2.05) is 49.4 Å². The molecule has 0 aliphatic heterocycles. The van der Waals surface area contributed by atoms with Crippen molar-refractivity contribution in [1.82, 2.24) is 15.0 Å². The Morgan fingerprint density at radius 1 is 0.966 bits per heavy atom. The van der Waals surface area contributed by atoms with Crippen molar-refractivity contribution in [2.75, 3.05) is 17.2 Å². The van der Waals surface area contributed by atoms with Crippen molar-refractivity contribution in [1.29, 1.82) is 0 Å². The minimum Gasteiger partial charge on any atom is -0.494 e. The van der Waals surface area contributed by atoms with Gasteiger partial charge in [-0.1, -0.05) is 19.3 Å². The van der Waals surface area contributed by atoms with Crippen molar-refractivity contribution in [2.24, 2.45) is 0 Å². The summed E-state index contributed by atoms with van der Waals surface area (Å²) < 4.78 is 5.52. The van der Waals surface area contributed by atoms with E-state index in [1.165, 1.54) is 32.1 Å². The van der Waals surface area contributed by atoms with Gasteiger partial charge in [-0.3, -0.25) is 4.98 Å². The molecule has 1 aliphatic rings. The molecule has 3 aromatic rings. The number of nitrogens with one attached hydrogen (secondary N) is 2. The standard InChI is InChI=1S/C23H27N5O/c1-2-29-20-10-8-19(9-11-20)25-22-16-21(17-12-14-24-15-13-17)27-23(28-22)26-18-6-4-3-5-7-18/h8-16,18H,2-7H2,1H3,(H2,25,26,27,28). The highest BCUT2D eigenvalue weighted by atomic mass is 16.5. The van der Waals surface area contributed by atoms with E-state index >= 15 is 0 Å². The Bertz CT molecular complexity index is 908. The van der Waals surface area contributed by atoms with Crippen molar-refractivity contribution in [2.45, 2.75) is 45.1 Å². The first kappa shape index (κ1) is 19.2. The van der Waals surface area contributed by atoms with E-state index in [9.17, 15) is 0 Å². The molecule has 0 amide bonds. The van der Waals surface area contributed by atoms with Gasteiger partial charge >= 0.3 is 0 Å². The number of nitrogens with zero attached hydrogens (tertiary/aromatic N) is 3. The Morgan fingerprint density at radius 3 is 2.45 bits per heavy atom. The van der Waals surface area contributed by atoms with E-state index in [0.717, 1.165) is 28.5 Å². The second-order valence-electron chi connectivity index (χ2n) is 7.26. The lowest BCUT2D eigenvalue weighted by atomic mass is 9.96. The van der Waals surface area contributed by atoms with Gasteiger partial charge in [-0.25, -0.2) is 4.98 Å². The van der Waals surface area contributed by atoms with Crippen LogP contribution in [0, 0.1) is 0 Å². The van der Waals surface area contributed by atoms with Crippen LogP contribution in [0.2, 0.25) is 0 Å². The molecule has 1 aliphatic carbocycles. The van der Waals surface area contributed by atoms with Gasteiger partial charge in [0, 0.05) is 35.8 Å². The second kappa shape index (κ2) is 9.37. The summed E-state index contributed by atoms with van der Waals surface area (Å²) >= 11 is 0. The third-order valence-corrected chi connectivity index (χ3v) is 5.08. The van der Waals surface area contributed by atoms with Gasteiger partial charge in [0.05, 0.1) is 12.3 Å². The van der Waals surface area contributed by atoms with Crippen LogP contribution >= 0.6 is 0 Å². The largest absolute Gasteiger partial charge is 0.494 e. The molecular formula is C23H27N5O. The number of benzene rings is 1. The third kappa shape index (κ3) is 5.22. The lowest BCUT2D eigenvalue weighted by Crippen LogP contribution is -2.23. The first-order valence-corrected chi connectivity index (χ1v) is 10.4. The number of rotatable bonds is 7. The molecule has 0 saturated heterocycles. The molecule has 2 heterocycles. The van der Waals surface area contributed by atoms with Crippen molar-refractivity contribution in [3.8, 4) is 17.0 Å². The molecule has 6 heteroatoms. The van der Waals surface area contributed by atoms with Gasteiger partial charge in [-0.15, -0.1) is 0 Å². The predicted octanol–water partition coefficient (Wildman–Crippen LogP) is 5.43.